The summed E-state index contributed by atoms with van der Waals surface area (Å²) in [6.07, 6.45) is 2.34. The summed E-state index contributed by atoms with van der Waals surface area (Å²) >= 11 is 3.61. The Morgan fingerprint density at radius 1 is 1.46 bits per heavy atom. The molecule has 1 aliphatic heterocycles. The van der Waals surface area contributed by atoms with E-state index in [9.17, 15) is 14.3 Å². The van der Waals surface area contributed by atoms with Crippen LogP contribution in [-0.2, 0) is 18.0 Å². The van der Waals surface area contributed by atoms with Gasteiger partial charge in [-0.25, -0.2) is 4.39 Å². The van der Waals surface area contributed by atoms with Crippen molar-refractivity contribution in [1.82, 2.24) is 14.8 Å². The monoisotopic (exact) mass is 451 g/mol. The molecule has 7 heteroatoms. The summed E-state index contributed by atoms with van der Waals surface area (Å²) in [4.78, 5) is 15.1. The second kappa shape index (κ2) is 7.76. The molecule has 0 bridgehead atoms. The zero-order chi connectivity index (χ0) is 20.0. The van der Waals surface area contributed by atoms with E-state index in [1.807, 2.05) is 19.1 Å². The predicted molar refractivity (Wildman–Crippen MR) is 111 cm³/mol. The van der Waals surface area contributed by atoms with Gasteiger partial charge in [0.2, 0.25) is 5.91 Å². The average molecular weight is 452 g/mol. The van der Waals surface area contributed by atoms with Crippen molar-refractivity contribution < 1.29 is 14.3 Å². The number of hydrogen-bond donors (Lipinski definition) is 2. The van der Waals surface area contributed by atoms with Gasteiger partial charge in [-0.3, -0.25) is 4.79 Å². The molecule has 1 aromatic heterocycles. The maximum atomic E-state index is 13.7. The maximum Gasteiger partial charge on any atom is 0.224 e. The lowest BCUT2D eigenvalue weighted by atomic mass is 9.72. The molecule has 0 radical (unpaired) electrons. The fourth-order valence-electron chi connectivity index (χ4n) is 5.05. The van der Waals surface area contributed by atoms with E-state index < -0.39 is 6.80 Å². The van der Waals surface area contributed by atoms with E-state index >= 15 is 0 Å². The minimum absolute atomic E-state index is 0.0201. The van der Waals surface area contributed by atoms with Crippen LogP contribution < -0.4 is 5.32 Å². The predicted octanol–water partition coefficient (Wildman–Crippen LogP) is 3.18. The highest BCUT2D eigenvalue weighted by atomic mass is 79.9. The molecule has 1 aliphatic carbocycles. The fourth-order valence-corrected chi connectivity index (χ4v) is 5.70. The molecule has 1 aromatic carbocycles. The van der Waals surface area contributed by atoms with E-state index in [-0.39, 0.29) is 30.4 Å². The number of aliphatic hydroxyl groups excluding tert-OH is 1. The van der Waals surface area contributed by atoms with E-state index in [2.05, 4.69) is 39.3 Å². The number of rotatable bonds is 5. The number of fused-ring (bicyclic) bond motifs is 2. The molecule has 2 aromatic rings. The molecule has 2 N–H and O–H groups in total. The van der Waals surface area contributed by atoms with Gasteiger partial charge in [-0.05, 0) is 59.4 Å². The first-order valence-corrected chi connectivity index (χ1v) is 10.8. The van der Waals surface area contributed by atoms with Crippen molar-refractivity contribution in [3.63, 3.8) is 0 Å². The van der Waals surface area contributed by atoms with E-state index in [4.69, 9.17) is 0 Å². The number of halogens is 2. The maximum absolute atomic E-state index is 13.7. The molecule has 152 valence electrons. The molecule has 28 heavy (non-hydrogen) atoms. The number of likely N-dealkylation sites (tertiary alicyclic amines) is 1. The topological polar surface area (TPSA) is 57.5 Å². The molecule has 1 unspecified atom stereocenters. The largest absolute Gasteiger partial charge is 0.394 e. The Hall–Kier alpha value is -1.44. The van der Waals surface area contributed by atoms with Crippen LogP contribution in [0.25, 0.3) is 10.9 Å². The number of aromatic nitrogens is 1. The van der Waals surface area contributed by atoms with Gasteiger partial charge in [-0.2, -0.15) is 0 Å². The number of nitrogens with zero attached hydrogens (tertiary/aromatic N) is 2. The second-order valence-corrected chi connectivity index (χ2v) is 8.86. The molecule has 1 saturated heterocycles. The first-order chi connectivity index (χ1) is 13.5. The molecule has 2 aliphatic rings. The van der Waals surface area contributed by atoms with Crippen LogP contribution in [0.4, 0.5) is 4.39 Å². The van der Waals surface area contributed by atoms with Crippen molar-refractivity contribution in [3.05, 3.63) is 33.9 Å². The Morgan fingerprint density at radius 3 is 2.93 bits per heavy atom. The average Bonchev–Trinajstić information content (AvgIpc) is 2.98. The third-order valence-electron chi connectivity index (χ3n) is 6.59. The fraction of sp³-hybridized carbons (Fsp3) is 0.571. The lowest BCUT2D eigenvalue weighted by Gasteiger charge is -2.45. The number of likely N-dealkylation sites (N-methyl/N-ethyl adjacent to an activating group) is 1. The van der Waals surface area contributed by atoms with Crippen LogP contribution in [0.15, 0.2) is 22.8 Å². The Morgan fingerprint density at radius 2 is 2.25 bits per heavy atom. The molecule has 2 heterocycles. The molecule has 1 fully saturated rings. The highest BCUT2D eigenvalue weighted by Gasteiger charge is 2.42. The number of aliphatic hydroxyl groups is 1. The normalized spacial score (nSPS) is 25.5. The lowest BCUT2D eigenvalue weighted by molar-refractivity contribution is -0.128. The number of carbonyl (C=O) groups is 1. The summed E-state index contributed by atoms with van der Waals surface area (Å²) in [5.74, 6) is 0.143. The Kier molecular flexibility index (Phi) is 5.51. The summed E-state index contributed by atoms with van der Waals surface area (Å²) < 4.78 is 16.2. The number of carbonyl (C=O) groups excluding carboxylic acids is 1. The van der Waals surface area contributed by atoms with Crippen LogP contribution >= 0.6 is 15.9 Å². The summed E-state index contributed by atoms with van der Waals surface area (Å²) in [6, 6.07) is 6.20. The first kappa shape index (κ1) is 19.9. The summed E-state index contributed by atoms with van der Waals surface area (Å²) in [6.45, 7) is 2.06. The second-order valence-electron chi connectivity index (χ2n) is 8.10. The molecule has 0 saturated carbocycles. The lowest BCUT2D eigenvalue weighted by Crippen LogP contribution is -2.52. The van der Waals surface area contributed by atoms with Crippen molar-refractivity contribution >= 4 is 32.7 Å². The quantitative estimate of drug-likeness (QED) is 0.733. The van der Waals surface area contributed by atoms with E-state index in [0.717, 1.165) is 28.3 Å². The molecular formula is C21H27BrFN3O2. The SMILES string of the molecule is CC[C@@H](CO)NC(=O)[C@@H]1CC2c3cccc4c3c(c(Br)n4CF)C[C@H]2N(C)C1. The summed E-state index contributed by atoms with van der Waals surface area (Å²) in [7, 11) is 2.08. The molecule has 4 atom stereocenters. The van der Waals surface area contributed by atoms with Gasteiger partial charge in [-0.1, -0.05) is 19.1 Å². The summed E-state index contributed by atoms with van der Waals surface area (Å²) in [5.41, 5.74) is 3.31. The van der Waals surface area contributed by atoms with E-state index in [1.54, 1.807) is 4.57 Å². The van der Waals surface area contributed by atoms with Gasteiger partial charge in [0, 0.05) is 23.9 Å². The highest BCUT2D eigenvalue weighted by Crippen LogP contribution is 2.47. The van der Waals surface area contributed by atoms with Crippen molar-refractivity contribution in [3.8, 4) is 0 Å². The Labute approximate surface area is 173 Å². The van der Waals surface area contributed by atoms with Crippen molar-refractivity contribution in [2.75, 3.05) is 20.2 Å². The number of amides is 1. The molecular weight excluding hydrogens is 425 g/mol. The Balaban J connectivity index is 1.69. The van der Waals surface area contributed by atoms with E-state index in [1.165, 1.54) is 11.1 Å². The number of benzene rings is 1. The van der Waals surface area contributed by atoms with Crippen molar-refractivity contribution in [1.29, 1.82) is 0 Å². The molecule has 1 amide bonds. The van der Waals surface area contributed by atoms with Crippen molar-refractivity contribution in [2.24, 2.45) is 5.92 Å². The zero-order valence-corrected chi connectivity index (χ0v) is 17.9. The first-order valence-electron chi connectivity index (χ1n) is 9.97. The van der Waals surface area contributed by atoms with Gasteiger partial charge in [0.05, 0.1) is 28.7 Å². The van der Waals surface area contributed by atoms with Gasteiger partial charge in [0.25, 0.3) is 0 Å². The van der Waals surface area contributed by atoms with Gasteiger partial charge in [-0.15, -0.1) is 0 Å². The number of piperidine rings is 1. The standard InChI is InChI=1S/C21H27BrFN3O2/c1-3-13(10-27)24-21(28)12-7-15-14-5-4-6-17-19(14)16(20(22)26(17)11-23)8-18(15)25(2)9-12/h4-6,12-13,15,18,27H,3,7-11H2,1-2H3,(H,24,28)/t12-,13+,15?,18-/m1/s1. The minimum atomic E-state index is -0.559. The van der Waals surface area contributed by atoms with E-state index in [0.29, 0.717) is 19.0 Å². The molecule has 5 nitrogen and oxygen atoms in total. The Bertz CT molecular complexity index is 895. The van der Waals surface area contributed by atoms with Crippen molar-refractivity contribution in [2.45, 2.75) is 51.0 Å². The van der Waals surface area contributed by atoms with Gasteiger partial charge < -0.3 is 19.9 Å². The number of hydrogen-bond acceptors (Lipinski definition) is 3. The van der Waals surface area contributed by atoms with Crippen LogP contribution in [0.1, 0.15) is 36.8 Å². The third-order valence-corrected chi connectivity index (χ3v) is 7.50. The minimum Gasteiger partial charge on any atom is -0.394 e. The molecule has 4 rings (SSSR count). The van der Waals surface area contributed by atoms with Gasteiger partial charge in [0.1, 0.15) is 0 Å². The smallest absolute Gasteiger partial charge is 0.224 e. The van der Waals surface area contributed by atoms with Crippen LogP contribution in [0, 0.1) is 5.92 Å². The van der Waals surface area contributed by atoms with Crippen LogP contribution in [-0.4, -0.2) is 52.8 Å². The summed E-state index contributed by atoms with van der Waals surface area (Å²) in [5, 5.41) is 13.5. The van der Waals surface area contributed by atoms with Gasteiger partial charge >= 0.3 is 0 Å². The third kappa shape index (κ3) is 3.08. The molecule has 0 spiro atoms. The van der Waals surface area contributed by atoms with Crippen LogP contribution in [0.2, 0.25) is 0 Å². The van der Waals surface area contributed by atoms with Crippen LogP contribution in [0.5, 0.6) is 0 Å². The highest BCUT2D eigenvalue weighted by molar-refractivity contribution is 9.10. The van der Waals surface area contributed by atoms with Gasteiger partial charge in [0.15, 0.2) is 6.80 Å². The number of alkyl halides is 1. The number of nitrogens with one attached hydrogen (secondary N) is 1. The zero-order valence-electron chi connectivity index (χ0n) is 16.3. The van der Waals surface area contributed by atoms with Crippen LogP contribution in [0.3, 0.4) is 0 Å².